The van der Waals surface area contributed by atoms with Gasteiger partial charge in [-0.05, 0) is 6.42 Å². The van der Waals surface area contributed by atoms with Gasteiger partial charge in [-0.1, -0.05) is 20.8 Å². The van der Waals surface area contributed by atoms with Crippen molar-refractivity contribution in [2.45, 2.75) is 38.6 Å². The third kappa shape index (κ3) is 4.05. The molecule has 2 N–H and O–H groups in total. The molecule has 1 aliphatic heterocycles. The second-order valence-corrected chi connectivity index (χ2v) is 6.43. The fourth-order valence-corrected chi connectivity index (χ4v) is 3.01. The molecule has 19 heavy (non-hydrogen) atoms. The highest BCUT2D eigenvalue weighted by molar-refractivity contribution is 7.11. The second-order valence-electron chi connectivity index (χ2n) is 5.58. The number of nitrogens with zero attached hydrogens (tertiary/aromatic N) is 2. The zero-order valence-electron chi connectivity index (χ0n) is 11.4. The molecular formula is C12H21Cl2N3OS. The summed E-state index contributed by atoms with van der Waals surface area (Å²) in [6.45, 7) is 7.67. The summed E-state index contributed by atoms with van der Waals surface area (Å²) in [7, 11) is 0. The molecule has 1 aromatic rings. The average Bonchev–Trinajstić information content (AvgIpc) is 2.83. The number of hydrogen-bond acceptors (Lipinski definition) is 4. The van der Waals surface area contributed by atoms with Crippen LogP contribution in [-0.4, -0.2) is 34.9 Å². The smallest absolute Gasteiger partial charge is 0.265 e. The van der Waals surface area contributed by atoms with Gasteiger partial charge in [0.05, 0.1) is 11.2 Å². The first-order valence-electron chi connectivity index (χ1n) is 5.88. The van der Waals surface area contributed by atoms with E-state index >= 15 is 0 Å². The lowest BCUT2D eigenvalue weighted by atomic mass is 9.91. The summed E-state index contributed by atoms with van der Waals surface area (Å²) in [6, 6.07) is 0.130. The maximum atomic E-state index is 12.4. The zero-order valence-corrected chi connectivity index (χ0v) is 13.8. The van der Waals surface area contributed by atoms with Crippen molar-refractivity contribution in [3.8, 4) is 0 Å². The summed E-state index contributed by atoms with van der Waals surface area (Å²) in [6.07, 6.45) is 0.898. The molecule has 1 atom stereocenters. The Bertz CT molecular complexity index is 431. The molecule has 0 unspecified atom stereocenters. The Kier molecular flexibility index (Phi) is 6.75. The van der Waals surface area contributed by atoms with Gasteiger partial charge in [-0.25, -0.2) is 4.98 Å². The van der Waals surface area contributed by atoms with Crippen molar-refractivity contribution in [1.82, 2.24) is 9.88 Å². The van der Waals surface area contributed by atoms with Gasteiger partial charge >= 0.3 is 0 Å². The summed E-state index contributed by atoms with van der Waals surface area (Å²) < 4.78 is 0. The van der Waals surface area contributed by atoms with Crippen LogP contribution in [-0.2, 0) is 5.41 Å². The molecular weight excluding hydrogens is 305 g/mol. The van der Waals surface area contributed by atoms with Gasteiger partial charge in [-0.15, -0.1) is 36.2 Å². The highest BCUT2D eigenvalue weighted by Crippen LogP contribution is 2.28. The van der Waals surface area contributed by atoms with E-state index in [-0.39, 0.29) is 42.2 Å². The first-order valence-corrected chi connectivity index (χ1v) is 6.76. The Labute approximate surface area is 130 Å². The first-order chi connectivity index (χ1) is 7.89. The number of carbonyl (C=O) groups excluding carboxylic acids is 1. The van der Waals surface area contributed by atoms with Gasteiger partial charge in [0.2, 0.25) is 0 Å². The van der Waals surface area contributed by atoms with Crippen LogP contribution in [0.4, 0.5) is 0 Å². The lowest BCUT2D eigenvalue weighted by Gasteiger charge is -2.20. The molecule has 0 bridgehead atoms. The summed E-state index contributed by atoms with van der Waals surface area (Å²) >= 11 is 1.43. The van der Waals surface area contributed by atoms with Crippen LogP contribution in [0, 0.1) is 0 Å². The van der Waals surface area contributed by atoms with Crippen molar-refractivity contribution < 1.29 is 4.79 Å². The number of nitrogens with two attached hydrogens (primary N) is 1. The highest BCUT2D eigenvalue weighted by atomic mass is 35.5. The Morgan fingerprint density at radius 3 is 2.58 bits per heavy atom. The lowest BCUT2D eigenvalue weighted by Crippen LogP contribution is -2.32. The number of rotatable bonds is 1. The van der Waals surface area contributed by atoms with Crippen molar-refractivity contribution in [2.24, 2.45) is 5.73 Å². The highest BCUT2D eigenvalue weighted by Gasteiger charge is 2.30. The molecule has 0 aromatic carbocycles. The third-order valence-electron chi connectivity index (χ3n) is 2.98. The molecule has 0 aliphatic carbocycles. The zero-order chi connectivity index (χ0) is 12.6. The van der Waals surface area contributed by atoms with Gasteiger partial charge in [-0.2, -0.15) is 0 Å². The van der Waals surface area contributed by atoms with Gasteiger partial charge < -0.3 is 10.6 Å². The Balaban J connectivity index is 0.00000162. The molecule has 0 saturated carbocycles. The molecule has 1 fully saturated rings. The molecule has 110 valence electrons. The molecule has 1 amide bonds. The molecule has 1 saturated heterocycles. The van der Waals surface area contributed by atoms with E-state index in [1.54, 1.807) is 5.51 Å². The van der Waals surface area contributed by atoms with Crippen molar-refractivity contribution in [1.29, 1.82) is 0 Å². The normalized spacial score (nSPS) is 18.7. The van der Waals surface area contributed by atoms with E-state index in [4.69, 9.17) is 5.73 Å². The number of hydrogen-bond donors (Lipinski definition) is 1. The van der Waals surface area contributed by atoms with E-state index in [0.29, 0.717) is 6.54 Å². The number of amides is 1. The van der Waals surface area contributed by atoms with E-state index in [9.17, 15) is 4.79 Å². The van der Waals surface area contributed by atoms with Crippen molar-refractivity contribution >= 4 is 42.1 Å². The predicted molar refractivity (Wildman–Crippen MR) is 83.8 cm³/mol. The van der Waals surface area contributed by atoms with E-state index in [1.807, 2.05) is 4.90 Å². The van der Waals surface area contributed by atoms with Gasteiger partial charge in [0.25, 0.3) is 5.91 Å². The van der Waals surface area contributed by atoms with Crippen molar-refractivity contribution in [3.63, 3.8) is 0 Å². The first kappa shape index (κ1) is 18.6. The fraction of sp³-hybridized carbons (Fsp3) is 0.667. The molecule has 7 heteroatoms. The number of likely N-dealkylation sites (tertiary alicyclic amines) is 1. The lowest BCUT2D eigenvalue weighted by molar-refractivity contribution is 0.0793. The van der Waals surface area contributed by atoms with E-state index in [2.05, 4.69) is 25.8 Å². The minimum atomic E-state index is -0.0904. The van der Waals surface area contributed by atoms with Crippen molar-refractivity contribution in [2.75, 3.05) is 13.1 Å². The summed E-state index contributed by atoms with van der Waals surface area (Å²) in [5.41, 5.74) is 8.39. The topological polar surface area (TPSA) is 59.2 Å². The van der Waals surface area contributed by atoms with Gasteiger partial charge in [-0.3, -0.25) is 4.79 Å². The van der Waals surface area contributed by atoms with Gasteiger partial charge in [0.15, 0.2) is 0 Å². The second kappa shape index (κ2) is 6.88. The molecule has 0 radical (unpaired) electrons. The van der Waals surface area contributed by atoms with Crippen LogP contribution in [0.2, 0.25) is 0 Å². The van der Waals surface area contributed by atoms with Crippen molar-refractivity contribution in [3.05, 3.63) is 16.1 Å². The summed E-state index contributed by atoms with van der Waals surface area (Å²) in [4.78, 5) is 19.3. The molecule has 1 aliphatic rings. The van der Waals surface area contributed by atoms with Crippen LogP contribution in [0.5, 0.6) is 0 Å². The quantitative estimate of drug-likeness (QED) is 0.862. The largest absolute Gasteiger partial charge is 0.336 e. The Morgan fingerprint density at radius 1 is 1.47 bits per heavy atom. The fourth-order valence-electron chi connectivity index (χ4n) is 2.05. The minimum Gasteiger partial charge on any atom is -0.336 e. The molecule has 0 spiro atoms. The predicted octanol–water partition coefficient (Wildman–Crippen LogP) is 2.46. The standard InChI is InChI=1S/C12H19N3OS.2ClH/c1-12(2,3)10-9(17-7-14-10)11(16)15-5-4-8(13)6-15;;/h7-8H,4-6,13H2,1-3H3;2*1H/t8-;;/m1../s1. The molecule has 2 heterocycles. The van der Waals surface area contributed by atoms with Crippen LogP contribution < -0.4 is 5.73 Å². The van der Waals surface area contributed by atoms with Crippen LogP contribution in [0.15, 0.2) is 5.51 Å². The van der Waals surface area contributed by atoms with E-state index in [1.165, 1.54) is 11.3 Å². The van der Waals surface area contributed by atoms with E-state index in [0.717, 1.165) is 23.5 Å². The monoisotopic (exact) mass is 325 g/mol. The van der Waals surface area contributed by atoms with Crippen LogP contribution in [0.1, 0.15) is 42.6 Å². The average molecular weight is 326 g/mol. The number of aromatic nitrogens is 1. The SMILES string of the molecule is CC(C)(C)c1ncsc1C(=O)N1CC[C@@H](N)C1.Cl.Cl. The van der Waals surface area contributed by atoms with Crippen LogP contribution in [0.3, 0.4) is 0 Å². The minimum absolute atomic E-state index is 0. The Morgan fingerprint density at radius 2 is 2.11 bits per heavy atom. The molecule has 4 nitrogen and oxygen atoms in total. The van der Waals surface area contributed by atoms with E-state index < -0.39 is 0 Å². The van der Waals surface area contributed by atoms with Crippen LogP contribution >= 0.6 is 36.2 Å². The molecule has 2 rings (SSSR count). The number of carbonyl (C=O) groups is 1. The number of thiazole rings is 1. The summed E-state index contributed by atoms with van der Waals surface area (Å²) in [5.74, 6) is 0.0883. The maximum absolute atomic E-state index is 12.4. The van der Waals surface area contributed by atoms with Crippen LogP contribution in [0.25, 0.3) is 0 Å². The Hall–Kier alpha value is -0.360. The number of halogens is 2. The molecule has 1 aromatic heterocycles. The van der Waals surface area contributed by atoms with Gasteiger partial charge in [0, 0.05) is 24.5 Å². The summed E-state index contributed by atoms with van der Waals surface area (Å²) in [5, 5.41) is 0. The van der Waals surface area contributed by atoms with Gasteiger partial charge in [0.1, 0.15) is 4.88 Å². The third-order valence-corrected chi connectivity index (χ3v) is 3.80. The maximum Gasteiger partial charge on any atom is 0.265 e.